The summed E-state index contributed by atoms with van der Waals surface area (Å²) in [6, 6.07) is 7.73. The molecule has 1 fully saturated rings. The van der Waals surface area contributed by atoms with Gasteiger partial charge in [-0.3, -0.25) is 0 Å². The molecule has 0 aliphatic carbocycles. The molecule has 1 saturated heterocycles. The molecule has 1 aromatic rings. The number of halogens is 4. The summed E-state index contributed by atoms with van der Waals surface area (Å²) in [6.07, 6.45) is -2.43. The molecule has 0 bridgehead atoms. The second-order valence-corrected chi connectivity index (χ2v) is 6.48. The number of likely N-dealkylation sites (tertiary alicyclic amines) is 1. The topological polar surface area (TPSA) is 12.5 Å². The van der Waals surface area contributed by atoms with Crippen LogP contribution in [-0.4, -0.2) is 37.3 Å². The number of benzene rings is 1. The smallest absolute Gasteiger partial charge is 0.393 e. The summed E-state index contributed by atoms with van der Waals surface area (Å²) in [5, 5.41) is 0. The maximum atomic E-state index is 12.7. The third kappa shape index (κ3) is 5.32. The highest BCUT2D eigenvalue weighted by Gasteiger charge is 2.41. The second-order valence-electron chi connectivity index (χ2n) is 5.31. The summed E-state index contributed by atoms with van der Waals surface area (Å²) in [7, 11) is 0. The van der Waals surface area contributed by atoms with Gasteiger partial charge in [0.1, 0.15) is 5.75 Å². The Morgan fingerprint density at radius 3 is 2.76 bits per heavy atom. The van der Waals surface area contributed by atoms with Crippen molar-refractivity contribution >= 4 is 22.6 Å². The van der Waals surface area contributed by atoms with E-state index in [9.17, 15) is 13.2 Å². The van der Waals surface area contributed by atoms with Crippen LogP contribution in [0.15, 0.2) is 24.3 Å². The van der Waals surface area contributed by atoms with Crippen molar-refractivity contribution in [3.05, 3.63) is 27.8 Å². The zero-order chi connectivity index (χ0) is 15.3. The zero-order valence-electron chi connectivity index (χ0n) is 11.7. The normalized spacial score (nSPS) is 20.5. The van der Waals surface area contributed by atoms with E-state index in [1.54, 1.807) is 0 Å². The molecule has 1 unspecified atom stereocenters. The van der Waals surface area contributed by atoms with Crippen molar-refractivity contribution in [2.75, 3.05) is 26.2 Å². The highest BCUT2D eigenvalue weighted by atomic mass is 127. The first-order valence-electron chi connectivity index (χ1n) is 7.13. The van der Waals surface area contributed by atoms with Crippen molar-refractivity contribution in [2.24, 2.45) is 5.92 Å². The van der Waals surface area contributed by atoms with Crippen molar-refractivity contribution in [3.63, 3.8) is 0 Å². The van der Waals surface area contributed by atoms with Gasteiger partial charge in [-0.15, -0.1) is 0 Å². The lowest BCUT2D eigenvalue weighted by Crippen LogP contribution is -2.42. The number of nitrogens with zero attached hydrogens (tertiary/aromatic N) is 1. The number of rotatable bonds is 5. The molecule has 6 heteroatoms. The van der Waals surface area contributed by atoms with Crippen LogP contribution in [0.4, 0.5) is 13.2 Å². The minimum absolute atomic E-state index is 0.131. The Balaban J connectivity index is 1.70. The van der Waals surface area contributed by atoms with Gasteiger partial charge in [0.2, 0.25) is 0 Å². The van der Waals surface area contributed by atoms with Crippen LogP contribution < -0.4 is 4.74 Å². The summed E-state index contributed by atoms with van der Waals surface area (Å²) in [4.78, 5) is 1.90. The van der Waals surface area contributed by atoms with Gasteiger partial charge in [0, 0.05) is 13.1 Å². The Hall–Kier alpha value is -0.500. The molecule has 21 heavy (non-hydrogen) atoms. The largest absolute Gasteiger partial charge is 0.492 e. The fourth-order valence-electron chi connectivity index (χ4n) is 2.56. The lowest BCUT2D eigenvalue weighted by Gasteiger charge is -2.33. The fourth-order valence-corrected chi connectivity index (χ4v) is 3.10. The van der Waals surface area contributed by atoms with Gasteiger partial charge in [0.25, 0.3) is 0 Å². The summed E-state index contributed by atoms with van der Waals surface area (Å²) >= 11 is 2.21. The fraction of sp³-hybridized carbons (Fsp3) is 0.600. The predicted molar refractivity (Wildman–Crippen MR) is 84.5 cm³/mol. The minimum Gasteiger partial charge on any atom is -0.492 e. The summed E-state index contributed by atoms with van der Waals surface area (Å²) < 4.78 is 44.9. The summed E-state index contributed by atoms with van der Waals surface area (Å²) in [6.45, 7) is 2.09. The van der Waals surface area contributed by atoms with E-state index < -0.39 is 12.1 Å². The highest BCUT2D eigenvalue weighted by Crippen LogP contribution is 2.33. The maximum absolute atomic E-state index is 12.7. The SMILES string of the molecule is FC(F)(F)C1CCCN(CCCOc2ccccc2I)C1. The van der Waals surface area contributed by atoms with Crippen LogP contribution in [0.3, 0.4) is 0 Å². The summed E-state index contributed by atoms with van der Waals surface area (Å²) in [5.41, 5.74) is 0. The Bertz CT molecular complexity index is 453. The van der Waals surface area contributed by atoms with Gasteiger partial charge in [-0.05, 0) is 60.5 Å². The predicted octanol–water partition coefficient (Wildman–Crippen LogP) is 4.33. The monoisotopic (exact) mass is 413 g/mol. The molecule has 1 aliphatic heterocycles. The van der Waals surface area contributed by atoms with Gasteiger partial charge in [-0.2, -0.15) is 13.2 Å². The Morgan fingerprint density at radius 1 is 1.29 bits per heavy atom. The Morgan fingerprint density at radius 2 is 2.05 bits per heavy atom. The van der Waals surface area contributed by atoms with Crippen molar-refractivity contribution in [2.45, 2.75) is 25.4 Å². The van der Waals surface area contributed by atoms with Gasteiger partial charge in [0.05, 0.1) is 16.1 Å². The molecule has 0 amide bonds. The van der Waals surface area contributed by atoms with Crippen molar-refractivity contribution in [1.29, 1.82) is 0 Å². The van der Waals surface area contributed by atoms with Crippen molar-refractivity contribution in [1.82, 2.24) is 4.90 Å². The van der Waals surface area contributed by atoms with Crippen LogP contribution in [0.25, 0.3) is 0 Å². The number of alkyl halides is 3. The maximum Gasteiger partial charge on any atom is 0.393 e. The van der Waals surface area contributed by atoms with Gasteiger partial charge in [0.15, 0.2) is 0 Å². The van der Waals surface area contributed by atoms with Crippen LogP contribution in [0, 0.1) is 9.49 Å². The van der Waals surface area contributed by atoms with Gasteiger partial charge in [-0.1, -0.05) is 12.1 Å². The van der Waals surface area contributed by atoms with Crippen LogP contribution >= 0.6 is 22.6 Å². The molecular formula is C15H19F3INO. The van der Waals surface area contributed by atoms with Gasteiger partial charge in [-0.25, -0.2) is 0 Å². The van der Waals surface area contributed by atoms with Crippen molar-refractivity contribution in [3.8, 4) is 5.75 Å². The van der Waals surface area contributed by atoms with E-state index in [0.717, 1.165) is 22.3 Å². The third-order valence-electron chi connectivity index (χ3n) is 3.68. The average molecular weight is 413 g/mol. The molecule has 1 atom stereocenters. The molecule has 2 nitrogen and oxygen atoms in total. The van der Waals surface area contributed by atoms with Crippen LogP contribution in [0.1, 0.15) is 19.3 Å². The van der Waals surface area contributed by atoms with Crippen molar-refractivity contribution < 1.29 is 17.9 Å². The lowest BCUT2D eigenvalue weighted by molar-refractivity contribution is -0.186. The van der Waals surface area contributed by atoms with E-state index in [1.807, 2.05) is 29.2 Å². The van der Waals surface area contributed by atoms with E-state index in [2.05, 4.69) is 22.6 Å². The van der Waals surface area contributed by atoms with E-state index in [1.165, 1.54) is 0 Å². The van der Waals surface area contributed by atoms with Gasteiger partial charge < -0.3 is 9.64 Å². The number of hydrogen-bond acceptors (Lipinski definition) is 2. The Labute approximate surface area is 136 Å². The molecule has 1 heterocycles. The first-order chi connectivity index (χ1) is 9.97. The lowest BCUT2D eigenvalue weighted by atomic mass is 9.97. The number of piperidine rings is 1. The summed E-state index contributed by atoms with van der Waals surface area (Å²) in [5.74, 6) is -0.327. The molecule has 1 aliphatic rings. The Kier molecular flexibility index (Phi) is 6.16. The second kappa shape index (κ2) is 7.67. The van der Waals surface area contributed by atoms with E-state index in [4.69, 9.17) is 4.74 Å². The quantitative estimate of drug-likeness (QED) is 0.526. The van der Waals surface area contributed by atoms with Crippen LogP contribution in [0.2, 0.25) is 0 Å². The molecule has 1 aromatic carbocycles. The van der Waals surface area contributed by atoms with Crippen LogP contribution in [0.5, 0.6) is 5.75 Å². The molecule has 0 aromatic heterocycles. The third-order valence-corrected chi connectivity index (χ3v) is 4.57. The molecule has 0 saturated carbocycles. The van der Waals surface area contributed by atoms with E-state index >= 15 is 0 Å². The van der Waals surface area contributed by atoms with E-state index in [0.29, 0.717) is 19.6 Å². The molecule has 0 N–H and O–H groups in total. The molecule has 2 rings (SSSR count). The zero-order valence-corrected chi connectivity index (χ0v) is 13.9. The first-order valence-corrected chi connectivity index (χ1v) is 8.21. The molecule has 0 radical (unpaired) electrons. The van der Waals surface area contributed by atoms with E-state index in [-0.39, 0.29) is 13.0 Å². The molecular weight excluding hydrogens is 394 g/mol. The van der Waals surface area contributed by atoms with Gasteiger partial charge >= 0.3 is 6.18 Å². The molecule has 118 valence electrons. The number of ether oxygens (including phenoxy) is 1. The van der Waals surface area contributed by atoms with Crippen LogP contribution in [-0.2, 0) is 0 Å². The first kappa shape index (κ1) is 16.9. The average Bonchev–Trinajstić information content (AvgIpc) is 2.45. The standard InChI is InChI=1S/C15H19F3INO/c16-15(17,18)12-5-3-8-20(11-12)9-4-10-21-14-7-2-1-6-13(14)19/h1-2,6-7,12H,3-5,8-11H2. The molecule has 0 spiro atoms. The minimum atomic E-state index is -4.06. The number of para-hydroxylation sites is 1. The highest BCUT2D eigenvalue weighted by molar-refractivity contribution is 14.1. The number of hydrogen-bond donors (Lipinski definition) is 0.